The molecule has 0 bridgehead atoms. The van der Waals surface area contributed by atoms with Crippen LogP contribution < -0.4 is 10.5 Å². The van der Waals surface area contributed by atoms with Crippen molar-refractivity contribution in [3.8, 4) is 5.75 Å². The van der Waals surface area contributed by atoms with E-state index in [0.717, 1.165) is 11.1 Å². The number of rotatable bonds is 5. The van der Waals surface area contributed by atoms with Crippen molar-refractivity contribution in [1.29, 1.82) is 0 Å². The van der Waals surface area contributed by atoms with Crippen LogP contribution in [0.25, 0.3) is 0 Å². The maximum absolute atomic E-state index is 12.1. The zero-order chi connectivity index (χ0) is 14.5. The lowest BCUT2D eigenvalue weighted by Gasteiger charge is -2.13. The molecule has 0 saturated heterocycles. The van der Waals surface area contributed by atoms with Crippen LogP contribution in [0, 0.1) is 6.92 Å². The average Bonchev–Trinajstić information content (AvgIpc) is 2.38. The molecule has 0 aliphatic rings. The Labute approximate surface area is 117 Å². The molecule has 0 saturated carbocycles. The molecule has 0 radical (unpaired) electrons. The second kappa shape index (κ2) is 6.48. The standard InChI is InChI=1S/C16H17F2NO/c1-11-3-2-4-12(9-11)10-15(19)13-5-7-14(8-6-13)20-16(17)18/h2-9,15-16H,10,19H2,1H3. The minimum atomic E-state index is -2.80. The predicted octanol–water partition coefficient (Wildman–Crippen LogP) is 3.84. The molecule has 0 aromatic heterocycles. The van der Waals surface area contributed by atoms with Crippen LogP contribution in [-0.2, 0) is 6.42 Å². The zero-order valence-corrected chi connectivity index (χ0v) is 11.2. The molecule has 0 amide bonds. The number of alkyl halides is 2. The zero-order valence-electron chi connectivity index (χ0n) is 11.2. The Hall–Kier alpha value is -1.94. The number of benzene rings is 2. The van der Waals surface area contributed by atoms with E-state index in [2.05, 4.69) is 10.8 Å². The summed E-state index contributed by atoms with van der Waals surface area (Å²) < 4.78 is 28.4. The Balaban J connectivity index is 2.03. The monoisotopic (exact) mass is 277 g/mol. The second-order valence-corrected chi connectivity index (χ2v) is 4.75. The van der Waals surface area contributed by atoms with E-state index < -0.39 is 6.61 Å². The molecule has 4 heteroatoms. The van der Waals surface area contributed by atoms with E-state index in [0.29, 0.717) is 6.42 Å². The summed E-state index contributed by atoms with van der Waals surface area (Å²) in [4.78, 5) is 0. The van der Waals surface area contributed by atoms with Crippen LogP contribution in [0.1, 0.15) is 22.7 Å². The first-order chi connectivity index (χ1) is 9.54. The van der Waals surface area contributed by atoms with Crippen LogP contribution in [0.5, 0.6) is 5.75 Å². The van der Waals surface area contributed by atoms with Crippen molar-refractivity contribution >= 4 is 0 Å². The first-order valence-electron chi connectivity index (χ1n) is 6.40. The normalized spacial score (nSPS) is 12.4. The molecule has 0 heterocycles. The van der Waals surface area contributed by atoms with Crippen molar-refractivity contribution in [2.45, 2.75) is 26.0 Å². The molecule has 1 unspecified atom stereocenters. The highest BCUT2D eigenvalue weighted by atomic mass is 19.3. The molecule has 0 spiro atoms. The molecule has 1 atom stereocenters. The molecule has 2 N–H and O–H groups in total. The van der Waals surface area contributed by atoms with Crippen molar-refractivity contribution in [3.63, 3.8) is 0 Å². The summed E-state index contributed by atoms with van der Waals surface area (Å²) in [5.41, 5.74) is 9.38. The Bertz CT molecular complexity index is 555. The Kier molecular flexibility index (Phi) is 4.69. The molecular formula is C16H17F2NO. The third-order valence-electron chi connectivity index (χ3n) is 3.07. The summed E-state index contributed by atoms with van der Waals surface area (Å²) >= 11 is 0. The molecule has 2 aromatic rings. The van der Waals surface area contributed by atoms with E-state index in [1.165, 1.54) is 17.7 Å². The van der Waals surface area contributed by atoms with Gasteiger partial charge in [-0.25, -0.2) is 0 Å². The Morgan fingerprint density at radius 3 is 2.40 bits per heavy atom. The Morgan fingerprint density at radius 2 is 1.80 bits per heavy atom. The smallest absolute Gasteiger partial charge is 0.387 e. The molecule has 2 rings (SSSR count). The number of nitrogens with two attached hydrogens (primary N) is 1. The van der Waals surface area contributed by atoms with Gasteiger partial charge in [-0.2, -0.15) is 8.78 Å². The summed E-state index contributed by atoms with van der Waals surface area (Å²) in [6, 6.07) is 14.4. The fourth-order valence-electron chi connectivity index (χ4n) is 2.11. The fraction of sp³-hybridized carbons (Fsp3) is 0.250. The van der Waals surface area contributed by atoms with E-state index in [9.17, 15) is 8.78 Å². The van der Waals surface area contributed by atoms with Gasteiger partial charge in [0.25, 0.3) is 0 Å². The second-order valence-electron chi connectivity index (χ2n) is 4.75. The van der Waals surface area contributed by atoms with Gasteiger partial charge in [-0.1, -0.05) is 42.0 Å². The van der Waals surface area contributed by atoms with Crippen LogP contribution in [0.2, 0.25) is 0 Å². The summed E-state index contributed by atoms with van der Waals surface area (Å²) in [6.07, 6.45) is 0.705. The van der Waals surface area contributed by atoms with Crippen LogP contribution >= 0.6 is 0 Å². The Morgan fingerprint density at radius 1 is 1.10 bits per heavy atom. The van der Waals surface area contributed by atoms with E-state index >= 15 is 0 Å². The molecule has 0 fully saturated rings. The topological polar surface area (TPSA) is 35.2 Å². The highest BCUT2D eigenvalue weighted by Crippen LogP contribution is 2.21. The molecule has 2 aromatic carbocycles. The summed E-state index contributed by atoms with van der Waals surface area (Å²) in [7, 11) is 0. The highest BCUT2D eigenvalue weighted by molar-refractivity contribution is 5.31. The number of aryl methyl sites for hydroxylation is 1. The van der Waals surface area contributed by atoms with E-state index in [4.69, 9.17) is 5.73 Å². The van der Waals surface area contributed by atoms with Crippen LogP contribution in [0.15, 0.2) is 48.5 Å². The lowest BCUT2D eigenvalue weighted by molar-refractivity contribution is -0.0498. The van der Waals surface area contributed by atoms with Gasteiger partial charge in [0.15, 0.2) is 0 Å². The van der Waals surface area contributed by atoms with Crippen LogP contribution in [0.3, 0.4) is 0 Å². The molecule has 106 valence electrons. The maximum Gasteiger partial charge on any atom is 0.387 e. The lowest BCUT2D eigenvalue weighted by atomic mass is 9.99. The maximum atomic E-state index is 12.1. The quantitative estimate of drug-likeness (QED) is 0.901. The van der Waals surface area contributed by atoms with Gasteiger partial charge in [0.2, 0.25) is 0 Å². The molecule has 2 nitrogen and oxygen atoms in total. The van der Waals surface area contributed by atoms with E-state index in [1.807, 2.05) is 25.1 Å². The van der Waals surface area contributed by atoms with Gasteiger partial charge in [-0.3, -0.25) is 0 Å². The predicted molar refractivity (Wildman–Crippen MR) is 74.9 cm³/mol. The van der Waals surface area contributed by atoms with Crippen molar-refractivity contribution in [2.75, 3.05) is 0 Å². The number of hydrogen-bond acceptors (Lipinski definition) is 2. The van der Waals surface area contributed by atoms with Crippen LogP contribution in [0.4, 0.5) is 8.78 Å². The first-order valence-corrected chi connectivity index (χ1v) is 6.40. The lowest BCUT2D eigenvalue weighted by Crippen LogP contribution is -2.13. The summed E-state index contributed by atoms with van der Waals surface area (Å²) in [5, 5.41) is 0. The number of ether oxygens (including phenoxy) is 1. The summed E-state index contributed by atoms with van der Waals surface area (Å²) in [6.45, 7) is -0.771. The highest BCUT2D eigenvalue weighted by Gasteiger charge is 2.09. The van der Waals surface area contributed by atoms with Gasteiger partial charge < -0.3 is 10.5 Å². The van der Waals surface area contributed by atoms with E-state index in [1.54, 1.807) is 12.1 Å². The third-order valence-corrected chi connectivity index (χ3v) is 3.07. The average molecular weight is 277 g/mol. The van der Waals surface area contributed by atoms with Gasteiger partial charge >= 0.3 is 6.61 Å². The SMILES string of the molecule is Cc1cccc(CC(N)c2ccc(OC(F)F)cc2)c1. The minimum Gasteiger partial charge on any atom is -0.435 e. The largest absolute Gasteiger partial charge is 0.435 e. The van der Waals surface area contributed by atoms with Crippen molar-refractivity contribution in [2.24, 2.45) is 5.73 Å². The molecular weight excluding hydrogens is 260 g/mol. The van der Waals surface area contributed by atoms with Gasteiger partial charge in [-0.15, -0.1) is 0 Å². The van der Waals surface area contributed by atoms with Crippen molar-refractivity contribution < 1.29 is 13.5 Å². The van der Waals surface area contributed by atoms with E-state index in [-0.39, 0.29) is 11.8 Å². The minimum absolute atomic E-state index is 0.145. The van der Waals surface area contributed by atoms with Gasteiger partial charge in [0, 0.05) is 6.04 Å². The van der Waals surface area contributed by atoms with Gasteiger partial charge in [0.1, 0.15) is 5.75 Å². The fourth-order valence-corrected chi connectivity index (χ4v) is 2.11. The van der Waals surface area contributed by atoms with Crippen LogP contribution in [-0.4, -0.2) is 6.61 Å². The summed E-state index contributed by atoms with van der Waals surface area (Å²) in [5.74, 6) is 0.145. The molecule has 20 heavy (non-hydrogen) atoms. The molecule has 0 aliphatic carbocycles. The van der Waals surface area contributed by atoms with Gasteiger partial charge in [-0.05, 0) is 36.6 Å². The van der Waals surface area contributed by atoms with Crippen molar-refractivity contribution in [3.05, 3.63) is 65.2 Å². The number of halogens is 2. The third kappa shape index (κ3) is 4.03. The van der Waals surface area contributed by atoms with Crippen molar-refractivity contribution in [1.82, 2.24) is 0 Å². The van der Waals surface area contributed by atoms with Gasteiger partial charge in [0.05, 0.1) is 0 Å². The first kappa shape index (κ1) is 14.5. The molecule has 0 aliphatic heterocycles. The number of hydrogen-bond donors (Lipinski definition) is 1.